The number of benzene rings is 2. The van der Waals surface area contributed by atoms with Gasteiger partial charge in [-0.25, -0.2) is 4.79 Å². The minimum absolute atomic E-state index is 0. The maximum atomic E-state index is 12.7. The van der Waals surface area contributed by atoms with E-state index in [2.05, 4.69) is 5.32 Å². The quantitative estimate of drug-likeness (QED) is 0.893. The average Bonchev–Trinajstić information content (AvgIpc) is 3.36. The molecule has 2 amide bonds. The van der Waals surface area contributed by atoms with Crippen molar-refractivity contribution in [3.8, 4) is 11.5 Å². The smallest absolute Gasteiger partial charge is 0.410 e. The number of anilines is 1. The molecule has 0 unspecified atom stereocenters. The van der Waals surface area contributed by atoms with E-state index in [1.165, 1.54) is 4.90 Å². The highest BCUT2D eigenvalue weighted by atomic mass is 16.7. The standard InChI is InChI=1S/C20H20N2O5.H2/c23-19(21-15-8-9-17-18(11-15)27-13-26-17)16-7-4-10-22(16)20(24)25-12-14-5-2-1-3-6-14;/h1-3,5-6,8-9,11,16H,4,7,10,12-13H2,(H,21,23);1H/t16-;/m0./s1. The van der Waals surface area contributed by atoms with Crippen molar-refractivity contribution in [2.24, 2.45) is 0 Å². The molecule has 1 fully saturated rings. The zero-order valence-corrected chi connectivity index (χ0v) is 14.7. The SMILES string of the molecule is O=C(Nc1ccc2c(c1)OCO2)[C@@H]1CCCN1C(=O)OCc1ccccc1.[HH]. The minimum atomic E-state index is -0.543. The van der Waals surface area contributed by atoms with Gasteiger partial charge in [0.05, 0.1) is 0 Å². The Balaban J connectivity index is 0.00000225. The van der Waals surface area contributed by atoms with Gasteiger partial charge in [0.15, 0.2) is 11.5 Å². The summed E-state index contributed by atoms with van der Waals surface area (Å²) < 4.78 is 16.0. The van der Waals surface area contributed by atoms with Crippen LogP contribution in [0.3, 0.4) is 0 Å². The second kappa shape index (κ2) is 7.57. The van der Waals surface area contributed by atoms with E-state index in [1.54, 1.807) is 18.2 Å². The van der Waals surface area contributed by atoms with Crippen LogP contribution in [0, 0.1) is 0 Å². The lowest BCUT2D eigenvalue weighted by molar-refractivity contribution is -0.120. The fraction of sp³-hybridized carbons (Fsp3) is 0.300. The number of ether oxygens (including phenoxy) is 3. The van der Waals surface area contributed by atoms with Crippen molar-refractivity contribution in [1.82, 2.24) is 4.90 Å². The van der Waals surface area contributed by atoms with E-state index >= 15 is 0 Å². The van der Waals surface area contributed by atoms with E-state index in [4.69, 9.17) is 14.2 Å². The van der Waals surface area contributed by atoms with Crippen LogP contribution in [-0.4, -0.2) is 36.3 Å². The summed E-state index contributed by atoms with van der Waals surface area (Å²) in [5, 5.41) is 2.85. The Bertz CT molecular complexity index is 846. The Morgan fingerprint density at radius 2 is 1.96 bits per heavy atom. The lowest BCUT2D eigenvalue weighted by Crippen LogP contribution is -2.43. The Morgan fingerprint density at radius 3 is 2.81 bits per heavy atom. The lowest BCUT2D eigenvalue weighted by Gasteiger charge is -2.23. The molecule has 2 aromatic carbocycles. The Morgan fingerprint density at radius 1 is 1.15 bits per heavy atom. The van der Waals surface area contributed by atoms with Gasteiger partial charge < -0.3 is 19.5 Å². The zero-order chi connectivity index (χ0) is 18.6. The highest BCUT2D eigenvalue weighted by Gasteiger charge is 2.35. The van der Waals surface area contributed by atoms with Crippen LogP contribution in [0.1, 0.15) is 19.8 Å². The first kappa shape index (κ1) is 17.2. The molecule has 2 heterocycles. The van der Waals surface area contributed by atoms with Gasteiger partial charge in [-0.15, -0.1) is 0 Å². The van der Waals surface area contributed by atoms with Crippen LogP contribution in [0.2, 0.25) is 0 Å². The Kier molecular flexibility index (Phi) is 4.82. The van der Waals surface area contributed by atoms with Gasteiger partial charge >= 0.3 is 6.09 Å². The van der Waals surface area contributed by atoms with Crippen molar-refractivity contribution in [2.45, 2.75) is 25.5 Å². The van der Waals surface area contributed by atoms with E-state index in [1.807, 2.05) is 30.3 Å². The number of rotatable bonds is 4. The number of carbonyl (C=O) groups is 2. The van der Waals surface area contributed by atoms with Crippen molar-refractivity contribution in [1.29, 1.82) is 0 Å². The van der Waals surface area contributed by atoms with Gasteiger partial charge in [0, 0.05) is 19.7 Å². The van der Waals surface area contributed by atoms with Crippen molar-refractivity contribution in [3.05, 3.63) is 54.1 Å². The predicted octanol–water partition coefficient (Wildman–Crippen LogP) is 3.40. The number of amides is 2. The van der Waals surface area contributed by atoms with Gasteiger partial charge in [0.2, 0.25) is 12.7 Å². The summed E-state index contributed by atoms with van der Waals surface area (Å²) >= 11 is 0. The summed E-state index contributed by atoms with van der Waals surface area (Å²) in [6, 6.07) is 14.1. The first-order chi connectivity index (χ1) is 13.2. The molecule has 0 aromatic heterocycles. The maximum absolute atomic E-state index is 12.7. The first-order valence-corrected chi connectivity index (χ1v) is 8.88. The number of nitrogens with one attached hydrogen (secondary N) is 1. The molecule has 0 saturated carbocycles. The molecule has 7 heteroatoms. The molecule has 0 radical (unpaired) electrons. The van der Waals surface area contributed by atoms with Crippen LogP contribution in [-0.2, 0) is 16.1 Å². The van der Waals surface area contributed by atoms with E-state index in [0.717, 1.165) is 12.0 Å². The van der Waals surface area contributed by atoms with Crippen LogP contribution in [0.4, 0.5) is 10.5 Å². The molecular formula is C20H22N2O5. The number of carbonyl (C=O) groups excluding carboxylic acids is 2. The topological polar surface area (TPSA) is 77.1 Å². The minimum Gasteiger partial charge on any atom is -0.454 e. The molecule has 0 aliphatic carbocycles. The van der Waals surface area contributed by atoms with Crippen LogP contribution in [0.15, 0.2) is 48.5 Å². The van der Waals surface area contributed by atoms with Gasteiger partial charge in [-0.3, -0.25) is 9.69 Å². The molecular weight excluding hydrogens is 348 g/mol. The molecule has 1 atom stereocenters. The van der Waals surface area contributed by atoms with E-state index in [0.29, 0.717) is 30.2 Å². The molecule has 0 spiro atoms. The van der Waals surface area contributed by atoms with Crippen molar-refractivity contribution in [2.75, 3.05) is 18.7 Å². The highest BCUT2D eigenvalue weighted by Crippen LogP contribution is 2.34. The molecule has 2 aliphatic rings. The molecule has 4 rings (SSSR count). The summed E-state index contributed by atoms with van der Waals surface area (Å²) in [7, 11) is 0. The van der Waals surface area contributed by atoms with Gasteiger partial charge in [0.1, 0.15) is 12.6 Å². The monoisotopic (exact) mass is 370 g/mol. The number of nitrogens with zero attached hydrogens (tertiary/aromatic N) is 1. The van der Waals surface area contributed by atoms with Crippen molar-refractivity contribution >= 4 is 17.7 Å². The average molecular weight is 370 g/mol. The lowest BCUT2D eigenvalue weighted by atomic mass is 10.2. The van der Waals surface area contributed by atoms with Gasteiger partial charge in [-0.2, -0.15) is 0 Å². The van der Waals surface area contributed by atoms with E-state index < -0.39 is 12.1 Å². The number of likely N-dealkylation sites (tertiary alicyclic amines) is 1. The Labute approximate surface area is 158 Å². The molecule has 0 bridgehead atoms. The molecule has 1 N–H and O–H groups in total. The van der Waals surface area contributed by atoms with Crippen LogP contribution < -0.4 is 14.8 Å². The third-order valence-corrected chi connectivity index (χ3v) is 4.64. The van der Waals surface area contributed by atoms with Gasteiger partial charge in [-0.05, 0) is 30.5 Å². The van der Waals surface area contributed by atoms with Gasteiger partial charge in [0.25, 0.3) is 0 Å². The fourth-order valence-electron chi connectivity index (χ4n) is 3.26. The molecule has 2 aromatic rings. The zero-order valence-electron chi connectivity index (χ0n) is 14.7. The Hall–Kier alpha value is -3.22. The van der Waals surface area contributed by atoms with Crippen LogP contribution >= 0.6 is 0 Å². The van der Waals surface area contributed by atoms with E-state index in [9.17, 15) is 9.59 Å². The number of hydrogen-bond donors (Lipinski definition) is 1. The third kappa shape index (κ3) is 3.81. The normalized spacial score (nSPS) is 17.6. The van der Waals surface area contributed by atoms with Crippen molar-refractivity contribution in [3.63, 3.8) is 0 Å². The first-order valence-electron chi connectivity index (χ1n) is 8.88. The number of fused-ring (bicyclic) bond motifs is 1. The fourth-order valence-corrected chi connectivity index (χ4v) is 3.26. The van der Waals surface area contributed by atoms with Crippen molar-refractivity contribution < 1.29 is 25.2 Å². The summed E-state index contributed by atoms with van der Waals surface area (Å²) in [4.78, 5) is 26.6. The second-order valence-corrected chi connectivity index (χ2v) is 6.45. The largest absolute Gasteiger partial charge is 0.454 e. The summed E-state index contributed by atoms with van der Waals surface area (Å²) in [5.41, 5.74) is 1.51. The van der Waals surface area contributed by atoms with Crippen LogP contribution in [0.5, 0.6) is 11.5 Å². The molecule has 1 saturated heterocycles. The summed E-state index contributed by atoms with van der Waals surface area (Å²) in [6.45, 7) is 0.871. The molecule has 27 heavy (non-hydrogen) atoms. The summed E-state index contributed by atoms with van der Waals surface area (Å²) in [5.74, 6) is 1.02. The molecule has 142 valence electrons. The highest BCUT2D eigenvalue weighted by molar-refractivity contribution is 5.97. The second-order valence-electron chi connectivity index (χ2n) is 6.45. The maximum Gasteiger partial charge on any atom is 0.410 e. The third-order valence-electron chi connectivity index (χ3n) is 4.64. The van der Waals surface area contributed by atoms with Gasteiger partial charge in [-0.1, -0.05) is 30.3 Å². The molecule has 2 aliphatic heterocycles. The summed E-state index contributed by atoms with van der Waals surface area (Å²) in [6.07, 6.45) is 0.901. The van der Waals surface area contributed by atoms with Crippen LogP contribution in [0.25, 0.3) is 0 Å². The van der Waals surface area contributed by atoms with E-state index in [-0.39, 0.29) is 20.7 Å². The predicted molar refractivity (Wildman–Crippen MR) is 99.7 cm³/mol. The number of hydrogen-bond acceptors (Lipinski definition) is 5. The molecule has 7 nitrogen and oxygen atoms in total.